The normalized spacial score (nSPS) is 14.9. The first-order valence-electron chi connectivity index (χ1n) is 12.6. The van der Waals surface area contributed by atoms with E-state index in [0.717, 1.165) is 37.3 Å². The van der Waals surface area contributed by atoms with Gasteiger partial charge in [-0.15, -0.1) is 0 Å². The van der Waals surface area contributed by atoms with Gasteiger partial charge in [-0.1, -0.05) is 25.1 Å². The van der Waals surface area contributed by atoms with Crippen LogP contribution >= 0.6 is 0 Å². The molecule has 1 N–H and O–H groups in total. The molecule has 182 valence electrons. The molecule has 35 heavy (non-hydrogen) atoms. The molecule has 1 aliphatic heterocycles. The average molecular weight is 471 g/mol. The van der Waals surface area contributed by atoms with Crippen molar-refractivity contribution in [2.75, 3.05) is 13.1 Å². The van der Waals surface area contributed by atoms with Gasteiger partial charge in [0.2, 0.25) is 0 Å². The number of H-pyrrole nitrogens is 1. The van der Waals surface area contributed by atoms with Crippen molar-refractivity contribution in [2.45, 2.75) is 66.2 Å². The molecule has 3 aromatic heterocycles. The number of aromatic nitrogens is 3. The first kappa shape index (κ1) is 23.3. The average Bonchev–Trinajstić information content (AvgIpc) is 3.37. The van der Waals surface area contributed by atoms with Gasteiger partial charge >= 0.3 is 0 Å². The lowest BCUT2D eigenvalue weighted by atomic mass is 9.87. The van der Waals surface area contributed by atoms with Crippen molar-refractivity contribution < 1.29 is 9.32 Å². The molecule has 0 radical (unpaired) electrons. The molecular formula is C29H34N4O2. The van der Waals surface area contributed by atoms with Crippen LogP contribution in [-0.2, 0) is 0 Å². The van der Waals surface area contributed by atoms with Gasteiger partial charge in [-0.25, -0.2) is 0 Å². The summed E-state index contributed by atoms with van der Waals surface area (Å²) >= 11 is 0. The smallest absolute Gasteiger partial charge is 0.259 e. The molecule has 1 fully saturated rings. The highest BCUT2D eigenvalue weighted by molar-refractivity contribution is 5.96. The Balaban J connectivity index is 1.42. The summed E-state index contributed by atoms with van der Waals surface area (Å²) in [6, 6.07) is 11.2. The number of aryl methyl sites for hydroxylation is 4. The molecule has 0 aliphatic carbocycles. The molecule has 0 spiro atoms. The van der Waals surface area contributed by atoms with Crippen molar-refractivity contribution in [1.82, 2.24) is 20.0 Å². The van der Waals surface area contributed by atoms with Gasteiger partial charge in [0, 0.05) is 40.9 Å². The van der Waals surface area contributed by atoms with E-state index >= 15 is 0 Å². The number of aromatic amines is 1. The molecule has 4 heterocycles. The number of fused-ring (bicyclic) bond motifs is 1. The second kappa shape index (κ2) is 8.99. The van der Waals surface area contributed by atoms with Gasteiger partial charge in [-0.05, 0) is 87.8 Å². The van der Waals surface area contributed by atoms with Crippen LogP contribution in [0.1, 0.15) is 82.9 Å². The molecule has 1 saturated heterocycles. The summed E-state index contributed by atoms with van der Waals surface area (Å²) in [6.45, 7) is 13.8. The highest BCUT2D eigenvalue weighted by Gasteiger charge is 2.28. The Bertz CT molecular complexity index is 1360. The lowest BCUT2D eigenvalue weighted by Crippen LogP contribution is -2.38. The van der Waals surface area contributed by atoms with Crippen LogP contribution in [-0.4, -0.2) is 39.0 Å². The number of hydrogen-bond acceptors (Lipinski definition) is 4. The lowest BCUT2D eigenvalue weighted by Gasteiger charge is -2.32. The zero-order valence-electron chi connectivity index (χ0n) is 21.5. The number of nitrogens with zero attached hydrogens (tertiary/aromatic N) is 3. The van der Waals surface area contributed by atoms with Crippen LogP contribution in [0.5, 0.6) is 0 Å². The number of benzene rings is 1. The van der Waals surface area contributed by atoms with Crippen LogP contribution in [0.25, 0.3) is 22.2 Å². The van der Waals surface area contributed by atoms with E-state index in [1.807, 2.05) is 11.8 Å². The Labute approximate surface area is 206 Å². The summed E-state index contributed by atoms with van der Waals surface area (Å²) in [5, 5.41) is 5.25. The molecule has 4 aromatic rings. The summed E-state index contributed by atoms with van der Waals surface area (Å²) in [5.74, 6) is 1.47. The van der Waals surface area contributed by atoms with E-state index in [9.17, 15) is 4.79 Å². The fraction of sp³-hybridized carbons (Fsp3) is 0.414. The standard InChI is InChI=1S/C29H34N4O2/c1-16(2)26-24-15-22(7-8-25(24)31-28(26)23-13-17(3)30-18(4)14-23)21-9-11-33(12-10-21)29(34)27-19(5)32-35-20(27)6/h7-8,13-16,21,31H,9-12H2,1-6H3. The number of likely N-dealkylation sites (tertiary alicyclic amines) is 1. The Kier molecular flexibility index (Phi) is 5.99. The molecule has 6 heteroatoms. The van der Waals surface area contributed by atoms with Gasteiger partial charge in [0.05, 0.1) is 11.4 Å². The first-order valence-corrected chi connectivity index (χ1v) is 12.6. The Morgan fingerprint density at radius 3 is 2.34 bits per heavy atom. The largest absolute Gasteiger partial charge is 0.361 e. The molecule has 0 bridgehead atoms. The number of pyridine rings is 1. The van der Waals surface area contributed by atoms with E-state index in [0.29, 0.717) is 28.9 Å². The number of carbonyl (C=O) groups excluding carboxylic acids is 1. The summed E-state index contributed by atoms with van der Waals surface area (Å²) in [4.78, 5) is 23.2. The zero-order chi connectivity index (χ0) is 24.9. The van der Waals surface area contributed by atoms with Crippen molar-refractivity contribution >= 4 is 16.8 Å². The topological polar surface area (TPSA) is 75.0 Å². The van der Waals surface area contributed by atoms with Crippen molar-refractivity contribution in [2.24, 2.45) is 0 Å². The minimum atomic E-state index is 0.0375. The van der Waals surface area contributed by atoms with E-state index < -0.39 is 0 Å². The summed E-state index contributed by atoms with van der Waals surface area (Å²) in [5.41, 5.74) is 9.64. The van der Waals surface area contributed by atoms with Gasteiger partial charge in [0.1, 0.15) is 11.3 Å². The fourth-order valence-corrected chi connectivity index (χ4v) is 5.65. The van der Waals surface area contributed by atoms with Crippen LogP contribution in [0.2, 0.25) is 0 Å². The molecule has 0 saturated carbocycles. The number of hydrogen-bond donors (Lipinski definition) is 1. The second-order valence-electron chi connectivity index (χ2n) is 10.3. The molecule has 1 amide bonds. The van der Waals surface area contributed by atoms with Crippen LogP contribution in [0.4, 0.5) is 0 Å². The van der Waals surface area contributed by atoms with Crippen LogP contribution in [0, 0.1) is 27.7 Å². The van der Waals surface area contributed by atoms with Crippen molar-refractivity contribution in [3.05, 3.63) is 69.9 Å². The number of nitrogens with one attached hydrogen (secondary N) is 1. The molecular weight excluding hydrogens is 436 g/mol. The molecule has 1 aliphatic rings. The predicted octanol–water partition coefficient (Wildman–Crippen LogP) is 6.59. The number of piperidine rings is 1. The van der Waals surface area contributed by atoms with Gasteiger partial charge < -0.3 is 14.4 Å². The minimum Gasteiger partial charge on any atom is -0.361 e. The highest BCUT2D eigenvalue weighted by atomic mass is 16.5. The molecule has 5 rings (SSSR count). The highest BCUT2D eigenvalue weighted by Crippen LogP contribution is 2.38. The van der Waals surface area contributed by atoms with Crippen LogP contribution < -0.4 is 0 Å². The summed E-state index contributed by atoms with van der Waals surface area (Å²) < 4.78 is 5.21. The lowest BCUT2D eigenvalue weighted by molar-refractivity contribution is 0.0710. The number of rotatable bonds is 4. The van der Waals surface area contributed by atoms with E-state index in [1.54, 1.807) is 6.92 Å². The maximum Gasteiger partial charge on any atom is 0.259 e. The van der Waals surface area contributed by atoms with Crippen molar-refractivity contribution in [3.63, 3.8) is 0 Å². The van der Waals surface area contributed by atoms with E-state index in [1.165, 1.54) is 33.3 Å². The van der Waals surface area contributed by atoms with E-state index in [-0.39, 0.29) is 5.91 Å². The third kappa shape index (κ3) is 4.26. The molecule has 1 aromatic carbocycles. The molecule has 0 atom stereocenters. The Hall–Kier alpha value is -3.41. The first-order chi connectivity index (χ1) is 16.7. The van der Waals surface area contributed by atoms with Crippen molar-refractivity contribution in [3.8, 4) is 11.3 Å². The molecule has 0 unspecified atom stereocenters. The SMILES string of the molecule is Cc1cc(-c2[nH]c3ccc(C4CCN(C(=O)c5c(C)noc5C)CC4)cc3c2C(C)C)cc(C)n1. The summed E-state index contributed by atoms with van der Waals surface area (Å²) in [7, 11) is 0. The number of carbonyl (C=O) groups is 1. The fourth-order valence-electron chi connectivity index (χ4n) is 5.65. The van der Waals surface area contributed by atoms with Gasteiger partial charge in [-0.3, -0.25) is 9.78 Å². The quantitative estimate of drug-likeness (QED) is 0.365. The van der Waals surface area contributed by atoms with Crippen LogP contribution in [0.15, 0.2) is 34.9 Å². The van der Waals surface area contributed by atoms with Gasteiger partial charge in [-0.2, -0.15) is 0 Å². The number of amides is 1. The van der Waals surface area contributed by atoms with E-state index in [4.69, 9.17) is 4.52 Å². The third-order valence-corrected chi connectivity index (χ3v) is 7.31. The van der Waals surface area contributed by atoms with Gasteiger partial charge in [0.15, 0.2) is 0 Å². The van der Waals surface area contributed by atoms with Crippen molar-refractivity contribution in [1.29, 1.82) is 0 Å². The third-order valence-electron chi connectivity index (χ3n) is 7.31. The maximum atomic E-state index is 13.0. The molecule has 6 nitrogen and oxygen atoms in total. The second-order valence-corrected chi connectivity index (χ2v) is 10.3. The predicted molar refractivity (Wildman–Crippen MR) is 139 cm³/mol. The Morgan fingerprint density at radius 1 is 1.06 bits per heavy atom. The maximum absolute atomic E-state index is 13.0. The zero-order valence-corrected chi connectivity index (χ0v) is 21.5. The van der Waals surface area contributed by atoms with Gasteiger partial charge in [0.25, 0.3) is 5.91 Å². The monoisotopic (exact) mass is 470 g/mol. The van der Waals surface area contributed by atoms with Crippen LogP contribution in [0.3, 0.4) is 0 Å². The summed E-state index contributed by atoms with van der Waals surface area (Å²) in [6.07, 6.45) is 1.91. The minimum absolute atomic E-state index is 0.0375. The van der Waals surface area contributed by atoms with E-state index in [2.05, 4.69) is 73.2 Å². The Morgan fingerprint density at radius 2 is 1.74 bits per heavy atom.